The minimum atomic E-state index is 0.224. The molecule has 0 spiro atoms. The molecule has 0 bridgehead atoms. The molecule has 0 aromatic heterocycles. The molecule has 0 aliphatic carbocycles. The lowest BCUT2D eigenvalue weighted by atomic mass is 9.96. The van der Waals surface area contributed by atoms with Gasteiger partial charge < -0.3 is 10.6 Å². The number of nitrogens with one attached hydrogen (secondary N) is 2. The molecule has 0 radical (unpaired) electrons. The molecule has 2 N–H and O–H groups in total. The summed E-state index contributed by atoms with van der Waals surface area (Å²) >= 11 is 5.43. The minimum Gasteiger partial charge on any atom is -0.359 e. The summed E-state index contributed by atoms with van der Waals surface area (Å²) in [6.07, 6.45) is 0. The summed E-state index contributed by atoms with van der Waals surface area (Å²) < 4.78 is 0. The SMILES string of the molecule is CC(C)[C@@H](NC(=S)NCc1ccccc1)c1ccccc1. The molecule has 0 unspecified atom stereocenters. The Kier molecular flexibility index (Phi) is 5.76. The minimum absolute atomic E-state index is 0.224. The van der Waals surface area contributed by atoms with E-state index in [4.69, 9.17) is 12.2 Å². The van der Waals surface area contributed by atoms with Crippen molar-refractivity contribution in [1.82, 2.24) is 10.6 Å². The van der Waals surface area contributed by atoms with Crippen molar-refractivity contribution in [2.24, 2.45) is 5.92 Å². The van der Waals surface area contributed by atoms with E-state index in [2.05, 4.69) is 60.9 Å². The summed E-state index contributed by atoms with van der Waals surface area (Å²) in [4.78, 5) is 0. The highest BCUT2D eigenvalue weighted by Crippen LogP contribution is 2.21. The average molecular weight is 298 g/mol. The predicted molar refractivity (Wildman–Crippen MR) is 93.0 cm³/mol. The fourth-order valence-corrected chi connectivity index (χ4v) is 2.46. The quantitative estimate of drug-likeness (QED) is 0.814. The second-order valence-corrected chi connectivity index (χ2v) is 5.85. The van der Waals surface area contributed by atoms with Crippen LogP contribution in [0.25, 0.3) is 0 Å². The Morgan fingerprint density at radius 2 is 1.52 bits per heavy atom. The molecule has 0 heterocycles. The molecule has 0 fully saturated rings. The van der Waals surface area contributed by atoms with Crippen molar-refractivity contribution in [3.05, 3.63) is 71.8 Å². The lowest BCUT2D eigenvalue weighted by molar-refractivity contribution is 0.468. The summed E-state index contributed by atoms with van der Waals surface area (Å²) in [5, 5.41) is 7.39. The molecule has 0 aliphatic rings. The molecule has 1 atom stereocenters. The Morgan fingerprint density at radius 1 is 0.952 bits per heavy atom. The molecular formula is C18H22N2S. The fraction of sp³-hybridized carbons (Fsp3) is 0.278. The Morgan fingerprint density at radius 3 is 2.10 bits per heavy atom. The first-order valence-electron chi connectivity index (χ1n) is 7.30. The van der Waals surface area contributed by atoms with Crippen molar-refractivity contribution in [2.45, 2.75) is 26.4 Å². The molecule has 0 aliphatic heterocycles. The predicted octanol–water partition coefficient (Wildman–Crippen LogP) is 4.05. The zero-order valence-electron chi connectivity index (χ0n) is 12.5. The van der Waals surface area contributed by atoms with E-state index in [9.17, 15) is 0 Å². The molecule has 2 nitrogen and oxygen atoms in total. The van der Waals surface area contributed by atoms with Gasteiger partial charge in [-0.15, -0.1) is 0 Å². The van der Waals surface area contributed by atoms with Gasteiger partial charge in [0, 0.05) is 6.54 Å². The fourth-order valence-electron chi connectivity index (χ4n) is 2.27. The molecule has 0 saturated heterocycles. The normalized spacial score (nSPS) is 12.0. The number of hydrogen-bond acceptors (Lipinski definition) is 1. The Balaban J connectivity index is 1.93. The summed E-state index contributed by atoms with van der Waals surface area (Å²) in [5.41, 5.74) is 2.49. The third-order valence-corrected chi connectivity index (χ3v) is 3.67. The second-order valence-electron chi connectivity index (χ2n) is 5.44. The molecule has 0 amide bonds. The highest BCUT2D eigenvalue weighted by molar-refractivity contribution is 7.80. The molecule has 2 aromatic carbocycles. The van der Waals surface area contributed by atoms with Crippen LogP contribution < -0.4 is 10.6 Å². The van der Waals surface area contributed by atoms with Crippen LogP contribution in [-0.4, -0.2) is 5.11 Å². The largest absolute Gasteiger partial charge is 0.359 e. The third-order valence-electron chi connectivity index (χ3n) is 3.41. The molecule has 3 heteroatoms. The van der Waals surface area contributed by atoms with Crippen LogP contribution in [0, 0.1) is 5.92 Å². The molecule has 21 heavy (non-hydrogen) atoms. The van der Waals surface area contributed by atoms with Crippen LogP contribution in [0.1, 0.15) is 31.0 Å². The van der Waals surface area contributed by atoms with E-state index >= 15 is 0 Å². The highest BCUT2D eigenvalue weighted by Gasteiger charge is 2.16. The molecule has 0 saturated carbocycles. The van der Waals surface area contributed by atoms with Gasteiger partial charge in [-0.25, -0.2) is 0 Å². The van der Waals surface area contributed by atoms with Gasteiger partial charge in [-0.05, 0) is 29.3 Å². The van der Waals surface area contributed by atoms with E-state index < -0.39 is 0 Å². The summed E-state index contributed by atoms with van der Waals surface area (Å²) in [7, 11) is 0. The van der Waals surface area contributed by atoms with Crippen molar-refractivity contribution >= 4 is 17.3 Å². The van der Waals surface area contributed by atoms with Crippen LogP contribution in [-0.2, 0) is 6.54 Å². The van der Waals surface area contributed by atoms with Gasteiger partial charge in [0.25, 0.3) is 0 Å². The van der Waals surface area contributed by atoms with E-state index in [-0.39, 0.29) is 6.04 Å². The van der Waals surface area contributed by atoms with Crippen LogP contribution in [0.15, 0.2) is 60.7 Å². The molecule has 110 valence electrons. The standard InChI is InChI=1S/C18H22N2S/c1-14(2)17(16-11-7-4-8-12-16)20-18(21)19-13-15-9-5-3-6-10-15/h3-12,14,17H,13H2,1-2H3,(H2,19,20,21)/t17-/m1/s1. The monoisotopic (exact) mass is 298 g/mol. The van der Waals surface area contributed by atoms with Gasteiger partial charge in [-0.1, -0.05) is 74.5 Å². The van der Waals surface area contributed by atoms with Gasteiger partial charge in [-0.3, -0.25) is 0 Å². The maximum atomic E-state index is 5.43. The molecular weight excluding hydrogens is 276 g/mol. The van der Waals surface area contributed by atoms with E-state index in [0.29, 0.717) is 11.0 Å². The van der Waals surface area contributed by atoms with Crippen molar-refractivity contribution in [2.75, 3.05) is 0 Å². The Bertz CT molecular complexity index is 552. The van der Waals surface area contributed by atoms with E-state index in [1.54, 1.807) is 0 Å². The number of thiocarbonyl (C=S) groups is 1. The second kappa shape index (κ2) is 7.79. The smallest absolute Gasteiger partial charge is 0.167 e. The van der Waals surface area contributed by atoms with Crippen molar-refractivity contribution in [3.8, 4) is 0 Å². The van der Waals surface area contributed by atoms with Crippen molar-refractivity contribution in [1.29, 1.82) is 0 Å². The van der Waals surface area contributed by atoms with Crippen LogP contribution >= 0.6 is 12.2 Å². The first-order chi connectivity index (χ1) is 10.2. The van der Waals surface area contributed by atoms with Gasteiger partial charge in [0.05, 0.1) is 6.04 Å². The lowest BCUT2D eigenvalue weighted by Crippen LogP contribution is -2.39. The Labute approximate surface area is 132 Å². The summed E-state index contributed by atoms with van der Waals surface area (Å²) in [6, 6.07) is 20.9. The number of benzene rings is 2. The maximum Gasteiger partial charge on any atom is 0.167 e. The zero-order valence-corrected chi connectivity index (χ0v) is 13.4. The topological polar surface area (TPSA) is 24.1 Å². The van der Waals surface area contributed by atoms with Crippen molar-refractivity contribution < 1.29 is 0 Å². The average Bonchev–Trinajstić information content (AvgIpc) is 2.52. The van der Waals surface area contributed by atoms with E-state index in [0.717, 1.165) is 6.54 Å². The van der Waals surface area contributed by atoms with Gasteiger partial charge >= 0.3 is 0 Å². The van der Waals surface area contributed by atoms with Crippen LogP contribution in [0.3, 0.4) is 0 Å². The summed E-state index contributed by atoms with van der Waals surface area (Å²) in [6.45, 7) is 5.14. The van der Waals surface area contributed by atoms with Crippen molar-refractivity contribution in [3.63, 3.8) is 0 Å². The summed E-state index contributed by atoms with van der Waals surface area (Å²) in [5.74, 6) is 0.462. The van der Waals surface area contributed by atoms with Gasteiger partial charge in [0.1, 0.15) is 0 Å². The van der Waals surface area contributed by atoms with Crippen LogP contribution in [0.4, 0.5) is 0 Å². The third kappa shape index (κ3) is 4.87. The van der Waals surface area contributed by atoms with E-state index in [1.165, 1.54) is 11.1 Å². The highest BCUT2D eigenvalue weighted by atomic mass is 32.1. The Hall–Kier alpha value is -1.87. The number of rotatable bonds is 5. The molecule has 2 aromatic rings. The van der Waals surface area contributed by atoms with Crippen LogP contribution in [0.2, 0.25) is 0 Å². The van der Waals surface area contributed by atoms with Gasteiger partial charge in [-0.2, -0.15) is 0 Å². The lowest BCUT2D eigenvalue weighted by Gasteiger charge is -2.24. The maximum absolute atomic E-state index is 5.43. The molecule has 2 rings (SSSR count). The number of hydrogen-bond donors (Lipinski definition) is 2. The van der Waals surface area contributed by atoms with Gasteiger partial charge in [0.15, 0.2) is 5.11 Å². The van der Waals surface area contributed by atoms with E-state index in [1.807, 2.05) is 24.3 Å². The first-order valence-corrected chi connectivity index (χ1v) is 7.71. The zero-order chi connectivity index (χ0) is 15.1. The first kappa shape index (κ1) is 15.5. The van der Waals surface area contributed by atoms with Crippen LogP contribution in [0.5, 0.6) is 0 Å². The van der Waals surface area contributed by atoms with Gasteiger partial charge in [0.2, 0.25) is 0 Å².